The van der Waals surface area contributed by atoms with Crippen LogP contribution >= 0.6 is 0 Å². The normalized spacial score (nSPS) is 15.5. The second kappa shape index (κ2) is 3.73. The maximum absolute atomic E-state index is 9.81. The molecule has 3 rings (SSSR count). The molecule has 94 valence electrons. The molecule has 0 fully saturated rings. The average molecular weight is 311 g/mol. The number of aromatic nitrogens is 2. The van der Waals surface area contributed by atoms with Gasteiger partial charge in [-0.15, -0.1) is 0 Å². The summed E-state index contributed by atoms with van der Waals surface area (Å²) in [4.78, 5) is 0. The van der Waals surface area contributed by atoms with Crippen LogP contribution in [-0.4, -0.2) is 36.1 Å². The molecule has 0 atom stereocenters. The molecule has 1 N–H and O–H groups in total. The van der Waals surface area contributed by atoms with E-state index in [1.165, 1.54) is 7.11 Å². The minimum absolute atomic E-state index is 0.0123. The first kappa shape index (κ1) is 11.6. The Morgan fingerprint density at radius 1 is 1.39 bits per heavy atom. The van der Waals surface area contributed by atoms with Crippen LogP contribution in [0.2, 0.25) is 0 Å². The van der Waals surface area contributed by atoms with Crippen molar-refractivity contribution in [2.75, 3.05) is 7.11 Å². The van der Waals surface area contributed by atoms with Gasteiger partial charge in [0.1, 0.15) is 0 Å². The van der Waals surface area contributed by atoms with Crippen molar-refractivity contribution < 1.29 is 14.6 Å². The van der Waals surface area contributed by atoms with Crippen LogP contribution in [0.3, 0.4) is 0 Å². The van der Waals surface area contributed by atoms with Gasteiger partial charge in [-0.1, -0.05) is 0 Å². The third kappa shape index (κ3) is 1.46. The van der Waals surface area contributed by atoms with Crippen LogP contribution in [0.15, 0.2) is 12.1 Å². The van der Waals surface area contributed by atoms with Crippen LogP contribution in [0.25, 0.3) is 11.3 Å². The van der Waals surface area contributed by atoms with E-state index in [2.05, 4.69) is 9.19 Å². The molecule has 0 saturated heterocycles. The second-order valence-corrected chi connectivity index (χ2v) is 6.14. The van der Waals surface area contributed by atoms with Crippen LogP contribution in [0.1, 0.15) is 18.3 Å². The SMILES string of the molecule is COc1c(O)ccc2c1OC(C)(C)c1[se]nnc1-2. The summed E-state index contributed by atoms with van der Waals surface area (Å²) in [5, 5.41) is 14.0. The summed E-state index contributed by atoms with van der Waals surface area (Å²) in [5.41, 5.74) is 1.23. The molecule has 6 heteroatoms. The van der Waals surface area contributed by atoms with E-state index in [1.54, 1.807) is 12.1 Å². The van der Waals surface area contributed by atoms with E-state index >= 15 is 0 Å². The fourth-order valence-electron chi connectivity index (χ4n) is 2.10. The standard InChI is InChI=1S/C12H12N2O3Se/c1-12(2)11-8(13-14-18-11)6-4-5-7(15)10(16-3)9(6)17-12/h4-5,15H,1-3H3. The first-order valence-corrected chi connectivity index (χ1v) is 7.09. The Hall–Kier alpha value is -1.52. The number of fused-ring (bicyclic) bond motifs is 3. The zero-order chi connectivity index (χ0) is 12.9. The predicted octanol–water partition coefficient (Wildman–Crippen LogP) is 1.54. The van der Waals surface area contributed by atoms with E-state index < -0.39 is 5.60 Å². The first-order valence-electron chi connectivity index (χ1n) is 5.47. The molecule has 1 aromatic heterocycles. The molecule has 0 amide bonds. The second-order valence-electron chi connectivity index (χ2n) is 4.56. The van der Waals surface area contributed by atoms with Gasteiger partial charge in [-0.2, -0.15) is 0 Å². The van der Waals surface area contributed by atoms with Crippen molar-refractivity contribution in [2.24, 2.45) is 0 Å². The van der Waals surface area contributed by atoms with Gasteiger partial charge < -0.3 is 0 Å². The molecule has 0 radical (unpaired) electrons. The number of hydrogen-bond donors (Lipinski definition) is 1. The van der Waals surface area contributed by atoms with E-state index in [1.807, 2.05) is 13.8 Å². The van der Waals surface area contributed by atoms with Crippen LogP contribution in [0, 0.1) is 0 Å². The number of aromatic hydroxyl groups is 1. The summed E-state index contributed by atoms with van der Waals surface area (Å²) in [6.45, 7) is 3.96. The molecule has 1 aliphatic heterocycles. The molecule has 1 aliphatic rings. The Morgan fingerprint density at radius 2 is 2.17 bits per heavy atom. The molecule has 0 bridgehead atoms. The van der Waals surface area contributed by atoms with E-state index in [0.717, 1.165) is 15.7 Å². The molecule has 0 saturated carbocycles. The summed E-state index contributed by atoms with van der Waals surface area (Å²) >= 11 is -0.0123. The van der Waals surface area contributed by atoms with Crippen molar-refractivity contribution >= 4 is 14.7 Å². The topological polar surface area (TPSA) is 64.5 Å². The van der Waals surface area contributed by atoms with Gasteiger partial charge in [0.2, 0.25) is 0 Å². The monoisotopic (exact) mass is 312 g/mol. The molecule has 0 unspecified atom stereocenters. The molecule has 2 aromatic rings. The Labute approximate surface area is 110 Å². The van der Waals surface area contributed by atoms with Crippen molar-refractivity contribution in [3.63, 3.8) is 0 Å². The van der Waals surface area contributed by atoms with Crippen molar-refractivity contribution in [1.82, 2.24) is 9.19 Å². The number of nitrogens with zero attached hydrogens (tertiary/aromatic N) is 2. The molecule has 1 aromatic carbocycles. The van der Waals surface area contributed by atoms with Crippen LogP contribution in [-0.2, 0) is 5.60 Å². The fraction of sp³-hybridized carbons (Fsp3) is 0.333. The predicted molar refractivity (Wildman–Crippen MR) is 66.3 cm³/mol. The van der Waals surface area contributed by atoms with E-state index in [-0.39, 0.29) is 20.5 Å². The summed E-state index contributed by atoms with van der Waals surface area (Å²) in [5.74, 6) is 0.955. The first-order chi connectivity index (χ1) is 8.54. The van der Waals surface area contributed by atoms with Gasteiger partial charge in [-0.25, -0.2) is 0 Å². The number of ether oxygens (including phenoxy) is 2. The number of methoxy groups -OCH3 is 1. The Bertz CT molecular complexity index is 622. The molecule has 0 spiro atoms. The van der Waals surface area contributed by atoms with E-state index in [0.29, 0.717) is 11.5 Å². The molecule has 0 aliphatic carbocycles. The van der Waals surface area contributed by atoms with E-state index in [9.17, 15) is 5.11 Å². The van der Waals surface area contributed by atoms with Gasteiger partial charge in [-0.05, 0) is 0 Å². The number of phenolic OH excluding ortho intramolecular Hbond substituents is 1. The molecular formula is C12H12N2O3Se. The maximum atomic E-state index is 9.81. The molecular weight excluding hydrogens is 299 g/mol. The molecule has 18 heavy (non-hydrogen) atoms. The van der Waals surface area contributed by atoms with Gasteiger partial charge >= 0.3 is 110 Å². The number of phenols is 1. The van der Waals surface area contributed by atoms with Crippen molar-refractivity contribution in [2.45, 2.75) is 19.4 Å². The summed E-state index contributed by atoms with van der Waals surface area (Å²) in [7, 11) is 1.51. The molecule has 5 nitrogen and oxygen atoms in total. The van der Waals surface area contributed by atoms with Crippen LogP contribution in [0.4, 0.5) is 0 Å². The average Bonchev–Trinajstić information content (AvgIpc) is 2.78. The summed E-state index contributed by atoms with van der Waals surface area (Å²) < 4.78 is 16.5. The fourth-order valence-corrected chi connectivity index (χ4v) is 3.58. The summed E-state index contributed by atoms with van der Waals surface area (Å²) in [6, 6.07) is 3.38. The summed E-state index contributed by atoms with van der Waals surface area (Å²) in [6.07, 6.45) is 0. The third-order valence-electron chi connectivity index (χ3n) is 2.94. The number of benzene rings is 1. The van der Waals surface area contributed by atoms with Crippen molar-refractivity contribution in [3.05, 3.63) is 16.6 Å². The van der Waals surface area contributed by atoms with Gasteiger partial charge in [-0.3, -0.25) is 0 Å². The Balaban J connectivity index is 2.32. The molecule has 2 heterocycles. The zero-order valence-electron chi connectivity index (χ0n) is 10.2. The van der Waals surface area contributed by atoms with Crippen LogP contribution in [0.5, 0.6) is 17.2 Å². The van der Waals surface area contributed by atoms with Gasteiger partial charge in [0.25, 0.3) is 0 Å². The van der Waals surface area contributed by atoms with Crippen LogP contribution < -0.4 is 9.47 Å². The third-order valence-corrected chi connectivity index (χ3v) is 5.11. The Morgan fingerprint density at radius 3 is 2.89 bits per heavy atom. The van der Waals surface area contributed by atoms with Gasteiger partial charge in [0.15, 0.2) is 0 Å². The van der Waals surface area contributed by atoms with Crippen molar-refractivity contribution in [3.8, 4) is 28.5 Å². The van der Waals surface area contributed by atoms with E-state index in [4.69, 9.17) is 9.47 Å². The Kier molecular flexibility index (Phi) is 2.40. The number of rotatable bonds is 1. The number of hydrogen-bond acceptors (Lipinski definition) is 5. The van der Waals surface area contributed by atoms with Crippen molar-refractivity contribution in [1.29, 1.82) is 0 Å². The van der Waals surface area contributed by atoms with Gasteiger partial charge in [0.05, 0.1) is 0 Å². The minimum atomic E-state index is -0.465. The zero-order valence-corrected chi connectivity index (χ0v) is 11.9. The quantitative estimate of drug-likeness (QED) is 0.810. The van der Waals surface area contributed by atoms with Gasteiger partial charge in [0, 0.05) is 0 Å².